The Morgan fingerprint density at radius 2 is 2.00 bits per heavy atom. The Bertz CT molecular complexity index is 627. The zero-order chi connectivity index (χ0) is 20.3. The van der Waals surface area contributed by atoms with Crippen LogP contribution in [0, 0.1) is 0 Å². The van der Waals surface area contributed by atoms with Crippen molar-refractivity contribution in [3.63, 3.8) is 0 Å². The van der Waals surface area contributed by atoms with E-state index >= 15 is 0 Å². The van der Waals surface area contributed by atoms with Crippen molar-refractivity contribution < 1.29 is 4.79 Å². The minimum Gasteiger partial charge on any atom is -0.357 e. The number of hydrogen-bond donors (Lipinski definition) is 2. The molecule has 0 spiro atoms. The molecule has 2 aliphatic heterocycles. The molecule has 0 aromatic carbocycles. The number of nitrogens with zero attached hydrogens (tertiary/aromatic N) is 3. The number of guanidine groups is 1. The van der Waals surface area contributed by atoms with Gasteiger partial charge >= 0.3 is 0 Å². The molecule has 2 fully saturated rings. The standard InChI is InChI=1S/C22H37N5OS/c1-2-23-22(24-12-9-16-27-15-5-3-4-11-21(27)28)25-18-19(20-10-8-17-29-20)26-13-6-7-14-26/h8,10,17,19H,2-7,9,11-16,18H2,1H3,(H2,23,24,25). The van der Waals surface area contributed by atoms with Crippen LogP contribution in [0.3, 0.4) is 0 Å². The average Bonchev–Trinajstić information content (AvgIpc) is 3.40. The highest BCUT2D eigenvalue weighted by Crippen LogP contribution is 2.28. The first-order valence-electron chi connectivity index (χ1n) is 11.4. The molecule has 3 rings (SSSR count). The summed E-state index contributed by atoms with van der Waals surface area (Å²) in [5.74, 6) is 1.21. The summed E-state index contributed by atoms with van der Waals surface area (Å²) in [5, 5.41) is 9.00. The van der Waals surface area contributed by atoms with Crippen molar-refractivity contribution in [1.29, 1.82) is 0 Å². The molecule has 2 N–H and O–H groups in total. The molecular formula is C22H37N5OS. The first-order chi connectivity index (χ1) is 14.3. The highest BCUT2D eigenvalue weighted by molar-refractivity contribution is 7.10. The van der Waals surface area contributed by atoms with E-state index in [2.05, 4.69) is 40.0 Å². The minimum atomic E-state index is 0.326. The van der Waals surface area contributed by atoms with Gasteiger partial charge in [0.1, 0.15) is 0 Å². The molecular weight excluding hydrogens is 382 g/mol. The Hall–Kier alpha value is -1.60. The Morgan fingerprint density at radius 1 is 1.17 bits per heavy atom. The van der Waals surface area contributed by atoms with Crippen LogP contribution in [0.2, 0.25) is 0 Å². The van der Waals surface area contributed by atoms with Crippen molar-refractivity contribution in [3.8, 4) is 0 Å². The van der Waals surface area contributed by atoms with Crippen molar-refractivity contribution in [2.75, 3.05) is 45.8 Å². The van der Waals surface area contributed by atoms with Gasteiger partial charge in [0.05, 0.1) is 12.6 Å². The fourth-order valence-corrected chi connectivity index (χ4v) is 5.04. The molecule has 1 amide bonds. The second kappa shape index (κ2) is 12.2. The van der Waals surface area contributed by atoms with Crippen LogP contribution in [0.4, 0.5) is 0 Å². The van der Waals surface area contributed by atoms with E-state index in [1.807, 2.05) is 16.2 Å². The summed E-state index contributed by atoms with van der Waals surface area (Å²) in [6, 6.07) is 4.75. The van der Waals surface area contributed by atoms with Crippen molar-refractivity contribution in [1.82, 2.24) is 20.4 Å². The molecule has 2 saturated heterocycles. The van der Waals surface area contributed by atoms with E-state index in [4.69, 9.17) is 4.99 Å². The van der Waals surface area contributed by atoms with Crippen molar-refractivity contribution >= 4 is 23.2 Å². The Labute approximate surface area is 179 Å². The van der Waals surface area contributed by atoms with Crippen molar-refractivity contribution in [2.45, 2.75) is 57.9 Å². The summed E-state index contributed by atoms with van der Waals surface area (Å²) >= 11 is 1.83. The number of nitrogens with one attached hydrogen (secondary N) is 2. The van der Waals surface area contributed by atoms with Crippen LogP contribution in [0.15, 0.2) is 22.5 Å². The SMILES string of the molecule is CCNC(=NCC(c1cccs1)N1CCCC1)NCCCN1CCCCCC1=O. The largest absolute Gasteiger partial charge is 0.357 e. The summed E-state index contributed by atoms with van der Waals surface area (Å²) in [7, 11) is 0. The van der Waals surface area contributed by atoms with E-state index in [1.54, 1.807) is 0 Å². The third-order valence-electron chi connectivity index (χ3n) is 5.79. The topological polar surface area (TPSA) is 60.0 Å². The molecule has 1 atom stereocenters. The number of carbonyl (C=O) groups excluding carboxylic acids is 1. The maximum Gasteiger partial charge on any atom is 0.222 e. The molecule has 0 aliphatic carbocycles. The number of amides is 1. The average molecular weight is 420 g/mol. The normalized spacial score (nSPS) is 20.0. The van der Waals surface area contributed by atoms with Crippen molar-refractivity contribution in [3.05, 3.63) is 22.4 Å². The fourth-order valence-electron chi connectivity index (χ4n) is 4.19. The van der Waals surface area contributed by atoms with Gasteiger partial charge in [0.15, 0.2) is 5.96 Å². The molecule has 6 nitrogen and oxygen atoms in total. The van der Waals surface area contributed by atoms with Gasteiger partial charge in [0, 0.05) is 37.5 Å². The monoisotopic (exact) mass is 419 g/mol. The van der Waals surface area contributed by atoms with Crippen LogP contribution in [-0.4, -0.2) is 67.5 Å². The van der Waals surface area contributed by atoms with Crippen LogP contribution < -0.4 is 10.6 Å². The van der Waals surface area contributed by atoms with E-state index in [0.717, 1.165) is 64.4 Å². The first-order valence-corrected chi connectivity index (χ1v) is 12.2. The molecule has 29 heavy (non-hydrogen) atoms. The lowest BCUT2D eigenvalue weighted by Gasteiger charge is -2.25. The highest BCUT2D eigenvalue weighted by atomic mass is 32.1. The molecule has 0 bridgehead atoms. The van der Waals surface area contributed by atoms with Crippen LogP contribution in [0.1, 0.15) is 62.8 Å². The molecule has 3 heterocycles. The number of thiophene rings is 1. The van der Waals surface area contributed by atoms with Gasteiger partial charge in [-0.3, -0.25) is 14.7 Å². The van der Waals surface area contributed by atoms with Gasteiger partial charge in [-0.2, -0.15) is 0 Å². The van der Waals surface area contributed by atoms with Crippen LogP contribution in [0.5, 0.6) is 0 Å². The zero-order valence-corrected chi connectivity index (χ0v) is 18.7. The van der Waals surface area contributed by atoms with Crippen LogP contribution >= 0.6 is 11.3 Å². The van der Waals surface area contributed by atoms with Crippen molar-refractivity contribution in [2.24, 2.45) is 4.99 Å². The smallest absolute Gasteiger partial charge is 0.222 e. The van der Waals surface area contributed by atoms with Gasteiger partial charge in [0.25, 0.3) is 0 Å². The Balaban J connectivity index is 1.49. The number of carbonyl (C=O) groups is 1. The molecule has 2 aliphatic rings. The molecule has 1 unspecified atom stereocenters. The van der Waals surface area contributed by atoms with Crippen LogP contribution in [-0.2, 0) is 4.79 Å². The predicted molar refractivity (Wildman–Crippen MR) is 122 cm³/mol. The lowest BCUT2D eigenvalue weighted by Crippen LogP contribution is -2.40. The van der Waals surface area contributed by atoms with Gasteiger partial charge in [-0.15, -0.1) is 11.3 Å². The van der Waals surface area contributed by atoms with Gasteiger partial charge in [-0.05, 0) is 63.6 Å². The number of likely N-dealkylation sites (tertiary alicyclic amines) is 2. The van der Waals surface area contributed by atoms with Crippen LogP contribution in [0.25, 0.3) is 0 Å². The minimum absolute atomic E-state index is 0.326. The lowest BCUT2D eigenvalue weighted by atomic mass is 10.2. The van der Waals surface area contributed by atoms with E-state index in [1.165, 1.54) is 37.2 Å². The maximum absolute atomic E-state index is 12.1. The Kier molecular flexibility index (Phi) is 9.28. The lowest BCUT2D eigenvalue weighted by molar-refractivity contribution is -0.130. The highest BCUT2D eigenvalue weighted by Gasteiger charge is 2.24. The third kappa shape index (κ3) is 7.00. The first kappa shape index (κ1) is 22.1. The van der Waals surface area contributed by atoms with E-state index < -0.39 is 0 Å². The van der Waals surface area contributed by atoms with E-state index in [0.29, 0.717) is 11.9 Å². The molecule has 1 aromatic heterocycles. The van der Waals surface area contributed by atoms with Gasteiger partial charge < -0.3 is 15.5 Å². The second-order valence-electron chi connectivity index (χ2n) is 7.97. The summed E-state index contributed by atoms with van der Waals surface area (Å²) in [4.78, 5) is 23.1. The summed E-state index contributed by atoms with van der Waals surface area (Å²) in [6.07, 6.45) is 7.63. The molecule has 1 aromatic rings. The quantitative estimate of drug-likeness (QED) is 0.367. The number of rotatable bonds is 9. The zero-order valence-electron chi connectivity index (χ0n) is 17.9. The summed E-state index contributed by atoms with van der Waals surface area (Å²) in [6.45, 7) is 8.68. The molecule has 7 heteroatoms. The van der Waals surface area contributed by atoms with Gasteiger partial charge in [0.2, 0.25) is 5.91 Å². The summed E-state index contributed by atoms with van der Waals surface area (Å²) < 4.78 is 0. The maximum atomic E-state index is 12.1. The summed E-state index contributed by atoms with van der Waals surface area (Å²) in [5.41, 5.74) is 0. The van der Waals surface area contributed by atoms with E-state index in [9.17, 15) is 4.79 Å². The van der Waals surface area contributed by atoms with E-state index in [-0.39, 0.29) is 0 Å². The molecule has 0 radical (unpaired) electrons. The number of hydrogen-bond acceptors (Lipinski definition) is 4. The third-order valence-corrected chi connectivity index (χ3v) is 6.76. The number of aliphatic imine (C=N–C) groups is 1. The molecule has 162 valence electrons. The predicted octanol–water partition coefficient (Wildman–Crippen LogP) is 3.23. The van der Waals surface area contributed by atoms with Gasteiger partial charge in [-0.25, -0.2) is 0 Å². The Morgan fingerprint density at radius 3 is 2.76 bits per heavy atom. The molecule has 0 saturated carbocycles. The second-order valence-corrected chi connectivity index (χ2v) is 8.94. The fraction of sp³-hybridized carbons (Fsp3) is 0.727. The van der Waals surface area contributed by atoms with Gasteiger partial charge in [-0.1, -0.05) is 12.5 Å².